The van der Waals surface area contributed by atoms with E-state index >= 15 is 0 Å². The Morgan fingerprint density at radius 1 is 1.43 bits per heavy atom. The van der Waals surface area contributed by atoms with E-state index in [0.717, 1.165) is 29.9 Å². The second-order valence-corrected chi connectivity index (χ2v) is 6.33. The minimum absolute atomic E-state index is 0.107. The SMILES string of the molecule is Cc1noc(C)c1CSCC(=O)NC1CCCC1C(=O)O. The summed E-state index contributed by atoms with van der Waals surface area (Å²) in [6.07, 6.45) is 2.25. The number of aromatic nitrogens is 1. The Kier molecular flexibility index (Phi) is 5.27. The van der Waals surface area contributed by atoms with Gasteiger partial charge in [-0.2, -0.15) is 0 Å². The molecule has 21 heavy (non-hydrogen) atoms. The van der Waals surface area contributed by atoms with Crippen LogP contribution in [-0.4, -0.2) is 33.9 Å². The number of hydrogen-bond donors (Lipinski definition) is 2. The number of hydrogen-bond acceptors (Lipinski definition) is 5. The van der Waals surface area contributed by atoms with Gasteiger partial charge in [-0.3, -0.25) is 9.59 Å². The van der Waals surface area contributed by atoms with Crippen molar-refractivity contribution in [2.75, 3.05) is 5.75 Å². The topological polar surface area (TPSA) is 92.4 Å². The van der Waals surface area contributed by atoms with Crippen LogP contribution in [-0.2, 0) is 15.3 Å². The molecule has 6 nitrogen and oxygen atoms in total. The van der Waals surface area contributed by atoms with E-state index in [1.807, 2.05) is 13.8 Å². The van der Waals surface area contributed by atoms with Crippen LogP contribution >= 0.6 is 11.8 Å². The fraction of sp³-hybridized carbons (Fsp3) is 0.643. The van der Waals surface area contributed by atoms with Crippen molar-refractivity contribution in [1.82, 2.24) is 10.5 Å². The van der Waals surface area contributed by atoms with E-state index in [0.29, 0.717) is 17.9 Å². The van der Waals surface area contributed by atoms with Crippen LogP contribution in [0.3, 0.4) is 0 Å². The van der Waals surface area contributed by atoms with E-state index in [1.54, 1.807) is 0 Å². The average molecular weight is 312 g/mol. The van der Waals surface area contributed by atoms with Gasteiger partial charge in [0.2, 0.25) is 5.91 Å². The van der Waals surface area contributed by atoms with Gasteiger partial charge in [0.1, 0.15) is 5.76 Å². The molecule has 2 N–H and O–H groups in total. The van der Waals surface area contributed by atoms with Crippen LogP contribution in [0.4, 0.5) is 0 Å². The molecule has 116 valence electrons. The molecule has 0 radical (unpaired) electrons. The Balaban J connectivity index is 1.76. The molecular weight excluding hydrogens is 292 g/mol. The smallest absolute Gasteiger partial charge is 0.308 e. The normalized spacial score (nSPS) is 21.4. The molecule has 1 amide bonds. The summed E-state index contributed by atoms with van der Waals surface area (Å²) in [5.74, 6) is 0.392. The maximum atomic E-state index is 11.9. The lowest BCUT2D eigenvalue weighted by Crippen LogP contribution is -2.41. The summed E-state index contributed by atoms with van der Waals surface area (Å²) < 4.78 is 5.07. The minimum Gasteiger partial charge on any atom is -0.481 e. The Bertz CT molecular complexity index is 510. The van der Waals surface area contributed by atoms with Gasteiger partial charge in [-0.25, -0.2) is 0 Å². The molecule has 0 bridgehead atoms. The first-order chi connectivity index (χ1) is 9.99. The van der Waals surface area contributed by atoms with Crippen molar-refractivity contribution >= 4 is 23.6 Å². The van der Waals surface area contributed by atoms with E-state index in [9.17, 15) is 9.59 Å². The average Bonchev–Trinajstić information content (AvgIpc) is 2.99. The van der Waals surface area contributed by atoms with Crippen molar-refractivity contribution in [1.29, 1.82) is 0 Å². The highest BCUT2D eigenvalue weighted by atomic mass is 32.2. The number of carbonyl (C=O) groups is 2. The monoisotopic (exact) mass is 312 g/mol. The lowest BCUT2D eigenvalue weighted by molar-refractivity contribution is -0.142. The molecule has 0 spiro atoms. The summed E-state index contributed by atoms with van der Waals surface area (Å²) in [6, 6.07) is -0.227. The Labute approximate surface area is 127 Å². The fourth-order valence-electron chi connectivity index (χ4n) is 2.63. The highest BCUT2D eigenvalue weighted by molar-refractivity contribution is 7.99. The molecule has 1 fully saturated rings. The largest absolute Gasteiger partial charge is 0.481 e. The number of amides is 1. The molecule has 1 saturated carbocycles. The van der Waals surface area contributed by atoms with Gasteiger partial charge in [-0.15, -0.1) is 11.8 Å². The number of thioether (sulfide) groups is 1. The third kappa shape index (κ3) is 4.00. The first kappa shape index (κ1) is 15.9. The first-order valence-corrected chi connectivity index (χ1v) is 8.16. The quantitative estimate of drug-likeness (QED) is 0.833. The van der Waals surface area contributed by atoms with Crippen molar-refractivity contribution in [3.05, 3.63) is 17.0 Å². The van der Waals surface area contributed by atoms with Crippen LogP contribution in [0.25, 0.3) is 0 Å². The zero-order valence-corrected chi connectivity index (χ0v) is 13.0. The number of rotatable bonds is 6. The number of nitrogens with one attached hydrogen (secondary N) is 1. The molecule has 2 unspecified atom stereocenters. The predicted molar refractivity (Wildman–Crippen MR) is 79.0 cm³/mol. The molecule has 1 heterocycles. The number of nitrogens with zero attached hydrogens (tertiary/aromatic N) is 1. The molecule has 0 aromatic carbocycles. The number of aryl methyl sites for hydroxylation is 2. The van der Waals surface area contributed by atoms with E-state index in [1.165, 1.54) is 11.8 Å². The maximum Gasteiger partial charge on any atom is 0.308 e. The molecule has 0 saturated heterocycles. The summed E-state index contributed by atoms with van der Waals surface area (Å²) >= 11 is 1.48. The second-order valence-electron chi connectivity index (χ2n) is 5.35. The van der Waals surface area contributed by atoms with Gasteiger partial charge in [0.15, 0.2) is 0 Å². The van der Waals surface area contributed by atoms with Gasteiger partial charge >= 0.3 is 5.97 Å². The van der Waals surface area contributed by atoms with Crippen molar-refractivity contribution in [3.8, 4) is 0 Å². The number of carboxylic acid groups (broad SMARTS) is 1. The van der Waals surface area contributed by atoms with Gasteiger partial charge in [-0.05, 0) is 26.7 Å². The van der Waals surface area contributed by atoms with Crippen LogP contribution in [0, 0.1) is 19.8 Å². The van der Waals surface area contributed by atoms with Gasteiger partial charge in [0.05, 0.1) is 17.4 Å². The van der Waals surface area contributed by atoms with E-state index < -0.39 is 11.9 Å². The Morgan fingerprint density at radius 2 is 2.19 bits per heavy atom. The first-order valence-electron chi connectivity index (χ1n) is 7.00. The predicted octanol–water partition coefficient (Wildman–Crippen LogP) is 1.89. The number of carboxylic acids is 1. The molecule has 1 aromatic heterocycles. The van der Waals surface area contributed by atoms with Crippen LogP contribution in [0.2, 0.25) is 0 Å². The standard InChI is InChI=1S/C14H20N2O4S/c1-8-11(9(2)20-16-8)6-21-7-13(17)15-12-5-3-4-10(12)14(18)19/h10,12H,3-7H2,1-2H3,(H,15,17)(H,18,19). The molecule has 0 aliphatic heterocycles. The summed E-state index contributed by atoms with van der Waals surface area (Å²) in [7, 11) is 0. The van der Waals surface area contributed by atoms with E-state index in [4.69, 9.17) is 9.63 Å². The molecule has 7 heteroatoms. The van der Waals surface area contributed by atoms with Crippen LogP contribution in [0.15, 0.2) is 4.52 Å². The summed E-state index contributed by atoms with van der Waals surface area (Å²) in [6.45, 7) is 3.73. The summed E-state index contributed by atoms with van der Waals surface area (Å²) in [5, 5.41) is 15.8. The number of aliphatic carboxylic acids is 1. The summed E-state index contributed by atoms with van der Waals surface area (Å²) in [4.78, 5) is 23.0. The molecular formula is C14H20N2O4S. The summed E-state index contributed by atoms with van der Waals surface area (Å²) in [5.41, 5.74) is 1.87. The molecule has 1 aliphatic rings. The lowest BCUT2D eigenvalue weighted by atomic mass is 10.0. The highest BCUT2D eigenvalue weighted by Crippen LogP contribution is 2.26. The highest BCUT2D eigenvalue weighted by Gasteiger charge is 2.33. The second kappa shape index (κ2) is 6.98. The van der Waals surface area contributed by atoms with Crippen LogP contribution in [0.5, 0.6) is 0 Å². The van der Waals surface area contributed by atoms with E-state index in [2.05, 4.69) is 10.5 Å². The van der Waals surface area contributed by atoms with Gasteiger partial charge in [0, 0.05) is 17.4 Å². The maximum absolute atomic E-state index is 11.9. The Morgan fingerprint density at radius 3 is 2.81 bits per heavy atom. The minimum atomic E-state index is -0.818. The van der Waals surface area contributed by atoms with Crippen molar-refractivity contribution in [2.24, 2.45) is 5.92 Å². The molecule has 2 atom stereocenters. The van der Waals surface area contributed by atoms with Crippen molar-refractivity contribution < 1.29 is 19.2 Å². The Hall–Kier alpha value is -1.50. The molecule has 2 rings (SSSR count). The molecule has 1 aromatic rings. The van der Waals surface area contributed by atoms with Gasteiger partial charge in [0.25, 0.3) is 0 Å². The zero-order chi connectivity index (χ0) is 15.4. The van der Waals surface area contributed by atoms with Crippen LogP contribution < -0.4 is 5.32 Å². The van der Waals surface area contributed by atoms with E-state index in [-0.39, 0.29) is 11.9 Å². The van der Waals surface area contributed by atoms with Gasteiger partial charge in [-0.1, -0.05) is 11.6 Å². The fourth-order valence-corrected chi connectivity index (χ4v) is 3.62. The molecule has 1 aliphatic carbocycles. The third-order valence-corrected chi connectivity index (χ3v) is 4.80. The lowest BCUT2D eigenvalue weighted by Gasteiger charge is -2.17. The zero-order valence-electron chi connectivity index (χ0n) is 12.2. The van der Waals surface area contributed by atoms with Crippen LogP contribution in [0.1, 0.15) is 36.3 Å². The van der Waals surface area contributed by atoms with Gasteiger partial charge < -0.3 is 14.9 Å². The van der Waals surface area contributed by atoms with Crippen molar-refractivity contribution in [3.63, 3.8) is 0 Å². The number of carbonyl (C=O) groups excluding carboxylic acids is 1. The third-order valence-electron chi connectivity index (χ3n) is 3.84. The van der Waals surface area contributed by atoms with Crippen molar-refractivity contribution in [2.45, 2.75) is 44.9 Å².